The van der Waals surface area contributed by atoms with Crippen LogP contribution in [0, 0.1) is 0 Å². The number of aromatic amines is 1. The lowest BCUT2D eigenvalue weighted by Gasteiger charge is -1.83. The van der Waals surface area contributed by atoms with Gasteiger partial charge in [0, 0.05) is 0 Å². The highest BCUT2D eigenvalue weighted by Gasteiger charge is 1.99. The third-order valence-corrected chi connectivity index (χ3v) is 1.39. The van der Waals surface area contributed by atoms with Crippen LogP contribution in [0.5, 0.6) is 0 Å². The van der Waals surface area contributed by atoms with Crippen molar-refractivity contribution in [1.29, 1.82) is 0 Å². The molecule has 0 bridgehead atoms. The number of hydrogen-bond donors (Lipinski definition) is 1. The van der Waals surface area contributed by atoms with Gasteiger partial charge in [0.25, 0.3) is 0 Å². The molecule has 0 amide bonds. The molecule has 2 heterocycles. The molecule has 0 aliphatic rings. The number of nitrogens with one attached hydrogen (secondary N) is 1. The summed E-state index contributed by atoms with van der Waals surface area (Å²) in [6, 6.07) is 3.49. The van der Waals surface area contributed by atoms with Crippen molar-refractivity contribution in [1.82, 2.24) is 14.6 Å². The monoisotopic (exact) mass is 135 g/mol. The summed E-state index contributed by atoms with van der Waals surface area (Å²) < 4.78 is 1.62. The zero-order valence-corrected chi connectivity index (χ0v) is 5.11. The third-order valence-electron chi connectivity index (χ3n) is 1.39. The van der Waals surface area contributed by atoms with Crippen LogP contribution in [0.25, 0.3) is 5.65 Å². The molecule has 4 nitrogen and oxygen atoms in total. The predicted octanol–water partition coefficient (Wildman–Crippen LogP) is 0.475. The minimum atomic E-state index is 0.590. The van der Waals surface area contributed by atoms with E-state index in [1.54, 1.807) is 23.0 Å². The van der Waals surface area contributed by atoms with Gasteiger partial charge < -0.3 is 0 Å². The maximum absolute atomic E-state index is 10.3. The van der Waals surface area contributed by atoms with E-state index >= 15 is 0 Å². The van der Waals surface area contributed by atoms with Gasteiger partial charge in [-0.05, 0) is 12.1 Å². The largest absolute Gasteiger partial charge is 0.296 e. The molecule has 0 fully saturated rings. The molecule has 4 heteroatoms. The highest BCUT2D eigenvalue weighted by molar-refractivity contribution is 5.74. The topological polar surface area (TPSA) is 50.2 Å². The molecule has 0 aliphatic heterocycles. The van der Waals surface area contributed by atoms with Gasteiger partial charge in [-0.15, -0.1) is 0 Å². The molecule has 0 unspecified atom stereocenters. The first-order valence-electron chi connectivity index (χ1n) is 2.88. The second-order valence-electron chi connectivity index (χ2n) is 1.96. The van der Waals surface area contributed by atoms with Crippen LogP contribution in [-0.4, -0.2) is 20.9 Å². The van der Waals surface area contributed by atoms with Gasteiger partial charge in [-0.25, -0.2) is 9.50 Å². The highest BCUT2D eigenvalue weighted by Crippen LogP contribution is 2.01. The smallest absolute Gasteiger partial charge is 0.168 e. The third kappa shape index (κ3) is 0.500. The van der Waals surface area contributed by atoms with Crippen LogP contribution in [0.15, 0.2) is 18.5 Å². The van der Waals surface area contributed by atoms with Crippen molar-refractivity contribution in [3.63, 3.8) is 0 Å². The minimum Gasteiger partial charge on any atom is -0.296 e. The van der Waals surface area contributed by atoms with Gasteiger partial charge >= 0.3 is 0 Å². The van der Waals surface area contributed by atoms with E-state index in [9.17, 15) is 4.79 Å². The van der Waals surface area contributed by atoms with Crippen molar-refractivity contribution in [3.05, 3.63) is 24.2 Å². The normalized spacial score (nSPS) is 10.4. The first-order chi connectivity index (χ1) is 4.92. The van der Waals surface area contributed by atoms with Crippen LogP contribution in [-0.2, 0) is 0 Å². The van der Waals surface area contributed by atoms with E-state index in [1.165, 1.54) is 0 Å². The number of aromatic nitrogens is 3. The Balaban J connectivity index is 2.88. The Morgan fingerprint density at radius 3 is 3.30 bits per heavy atom. The lowest BCUT2D eigenvalue weighted by Crippen LogP contribution is -1.88. The van der Waals surface area contributed by atoms with Gasteiger partial charge in [0.2, 0.25) is 0 Å². The fraction of sp³-hybridized carbons (Fsp3) is 0. The minimum absolute atomic E-state index is 0.590. The van der Waals surface area contributed by atoms with Crippen molar-refractivity contribution in [2.75, 3.05) is 0 Å². The van der Waals surface area contributed by atoms with E-state index in [1.807, 2.05) is 0 Å². The maximum Gasteiger partial charge on any atom is 0.168 e. The van der Waals surface area contributed by atoms with Crippen molar-refractivity contribution in [2.24, 2.45) is 0 Å². The van der Waals surface area contributed by atoms with Crippen molar-refractivity contribution >= 4 is 11.9 Å². The molecule has 50 valence electrons. The van der Waals surface area contributed by atoms with Crippen molar-refractivity contribution in [3.8, 4) is 0 Å². The second-order valence-corrected chi connectivity index (χ2v) is 1.96. The van der Waals surface area contributed by atoms with Crippen LogP contribution in [0.3, 0.4) is 0 Å². The zero-order valence-electron chi connectivity index (χ0n) is 5.11. The summed E-state index contributed by atoms with van der Waals surface area (Å²) in [4.78, 5) is 14.2. The van der Waals surface area contributed by atoms with Gasteiger partial charge in [0.05, 0.1) is 0 Å². The second kappa shape index (κ2) is 1.70. The number of carbonyl (C=O) groups is 1. The molecule has 0 saturated heterocycles. The van der Waals surface area contributed by atoms with Crippen LogP contribution in [0.4, 0.5) is 0 Å². The SMILES string of the molecule is O=Cc1ccc2nc[nH]n12. The number of carbonyl (C=O) groups excluding carboxylic acids is 1. The van der Waals surface area contributed by atoms with Crippen LogP contribution in [0.2, 0.25) is 0 Å². The maximum atomic E-state index is 10.3. The molecule has 0 spiro atoms. The molecule has 0 atom stereocenters. The van der Waals surface area contributed by atoms with E-state index < -0.39 is 0 Å². The van der Waals surface area contributed by atoms with E-state index in [0.29, 0.717) is 5.69 Å². The van der Waals surface area contributed by atoms with E-state index in [2.05, 4.69) is 10.1 Å². The number of nitrogens with zero attached hydrogens (tertiary/aromatic N) is 2. The Morgan fingerprint density at radius 2 is 2.50 bits per heavy atom. The van der Waals surface area contributed by atoms with Crippen molar-refractivity contribution < 1.29 is 4.79 Å². The van der Waals surface area contributed by atoms with Crippen LogP contribution < -0.4 is 0 Å². The number of fused-ring (bicyclic) bond motifs is 1. The summed E-state index contributed by atoms with van der Waals surface area (Å²) in [5.41, 5.74) is 1.36. The van der Waals surface area contributed by atoms with Gasteiger partial charge in [-0.3, -0.25) is 9.89 Å². The quantitative estimate of drug-likeness (QED) is 0.578. The van der Waals surface area contributed by atoms with Gasteiger partial charge in [0.1, 0.15) is 12.0 Å². The van der Waals surface area contributed by atoms with E-state index in [-0.39, 0.29) is 0 Å². The van der Waals surface area contributed by atoms with E-state index in [4.69, 9.17) is 0 Å². The molecule has 2 aromatic rings. The molecular weight excluding hydrogens is 130 g/mol. The first kappa shape index (κ1) is 5.22. The standard InChI is InChI=1S/C6H5N3O/c10-3-5-1-2-6-7-4-8-9(5)6/h1-4H,(H,7,8). The fourth-order valence-corrected chi connectivity index (χ4v) is 0.927. The predicted molar refractivity (Wildman–Crippen MR) is 34.9 cm³/mol. The molecule has 2 rings (SSSR count). The lowest BCUT2D eigenvalue weighted by atomic mass is 10.5. The van der Waals surface area contributed by atoms with Crippen LogP contribution >= 0.6 is 0 Å². The average Bonchev–Trinajstić information content (AvgIpc) is 2.44. The zero-order chi connectivity index (χ0) is 6.97. The molecule has 0 aliphatic carbocycles. The number of H-pyrrole nitrogens is 1. The fourth-order valence-electron chi connectivity index (χ4n) is 0.927. The summed E-state index contributed by atoms with van der Waals surface area (Å²) in [5, 5.41) is 2.79. The summed E-state index contributed by atoms with van der Waals surface area (Å²) in [7, 11) is 0. The molecular formula is C6H5N3O. The van der Waals surface area contributed by atoms with Gasteiger partial charge in [-0.2, -0.15) is 0 Å². The first-order valence-corrected chi connectivity index (χ1v) is 2.88. The highest BCUT2D eigenvalue weighted by atomic mass is 16.1. The Bertz CT molecular complexity index is 360. The number of hydrogen-bond acceptors (Lipinski definition) is 2. The molecule has 0 saturated carbocycles. The molecule has 1 N–H and O–H groups in total. The summed E-state index contributed by atoms with van der Waals surface area (Å²) in [5.74, 6) is 0. The van der Waals surface area contributed by atoms with Gasteiger partial charge in [-0.1, -0.05) is 0 Å². The Hall–Kier alpha value is -1.58. The molecule has 10 heavy (non-hydrogen) atoms. The molecule has 0 aromatic carbocycles. The molecule has 0 radical (unpaired) electrons. The van der Waals surface area contributed by atoms with Gasteiger partial charge in [0.15, 0.2) is 11.9 Å². The number of aldehydes is 1. The Labute approximate surface area is 56.5 Å². The van der Waals surface area contributed by atoms with Crippen molar-refractivity contribution in [2.45, 2.75) is 0 Å². The summed E-state index contributed by atoms with van der Waals surface area (Å²) in [6.07, 6.45) is 2.33. The summed E-state index contributed by atoms with van der Waals surface area (Å²) >= 11 is 0. The summed E-state index contributed by atoms with van der Waals surface area (Å²) in [6.45, 7) is 0. The van der Waals surface area contributed by atoms with E-state index in [0.717, 1.165) is 11.9 Å². The Kier molecular flexibility index (Phi) is 0.887. The lowest BCUT2D eigenvalue weighted by molar-refractivity contribution is 0.111. The number of rotatable bonds is 1. The van der Waals surface area contributed by atoms with Crippen LogP contribution in [0.1, 0.15) is 10.5 Å². The average molecular weight is 135 g/mol. The molecule has 2 aromatic heterocycles. The Morgan fingerprint density at radius 1 is 1.60 bits per heavy atom.